The van der Waals surface area contributed by atoms with E-state index in [2.05, 4.69) is 30.6 Å². The molecule has 0 unspecified atom stereocenters. The number of hydrogen-bond acceptors (Lipinski definition) is 3. The Hall–Kier alpha value is -0.400. The quantitative estimate of drug-likeness (QED) is 0.894. The van der Waals surface area contributed by atoms with E-state index in [1.165, 1.54) is 0 Å². The minimum Gasteiger partial charge on any atom is -0.251 e. The van der Waals surface area contributed by atoms with Gasteiger partial charge < -0.3 is 0 Å². The summed E-state index contributed by atoms with van der Waals surface area (Å²) < 4.78 is 28.7. The molecule has 1 heterocycles. The Morgan fingerprint density at radius 1 is 1.45 bits per heavy atom. The number of nitrogens with one attached hydrogen (secondary N) is 1. The first-order valence-electron chi connectivity index (χ1n) is 6.50. The molecule has 1 N–H and O–H groups in total. The lowest BCUT2D eigenvalue weighted by Gasteiger charge is -2.46. The molecule has 0 aromatic carbocycles. The Morgan fingerprint density at radius 2 is 2.00 bits per heavy atom. The van der Waals surface area contributed by atoms with Gasteiger partial charge in [-0.1, -0.05) is 0 Å². The van der Waals surface area contributed by atoms with Crippen molar-refractivity contribution in [1.82, 2.24) is 14.7 Å². The van der Waals surface area contributed by atoms with Gasteiger partial charge in [0.15, 0.2) is 0 Å². The molecule has 4 nitrogen and oxygen atoms in total. The summed E-state index contributed by atoms with van der Waals surface area (Å²) in [4.78, 5) is 8.60. The van der Waals surface area contributed by atoms with E-state index in [0.29, 0.717) is 18.7 Å². The van der Waals surface area contributed by atoms with E-state index in [0.717, 1.165) is 4.47 Å². The van der Waals surface area contributed by atoms with Crippen molar-refractivity contribution >= 4 is 26.9 Å². The standard InChI is InChI=1S/C13H19BrFN3OS/c1-12(2,3)20(19)18-13(4-9(5-13)6-15)11-16-7-10(14)8-17-11/h7-9,18H,4-6H2,1-3H3/t9?,13?,20-/m1/s1. The monoisotopic (exact) mass is 363 g/mol. The first kappa shape index (κ1) is 16.0. The fourth-order valence-corrected chi connectivity index (χ4v) is 3.36. The second-order valence-electron chi connectivity index (χ2n) is 6.22. The molecule has 1 saturated carbocycles. The molecule has 1 atom stereocenters. The van der Waals surface area contributed by atoms with Gasteiger partial charge in [-0.15, -0.1) is 0 Å². The summed E-state index contributed by atoms with van der Waals surface area (Å²) in [7, 11) is -1.24. The van der Waals surface area contributed by atoms with Crippen LogP contribution in [-0.2, 0) is 16.5 Å². The lowest BCUT2D eigenvalue weighted by molar-refractivity contribution is 0.0956. The van der Waals surface area contributed by atoms with E-state index in [4.69, 9.17) is 0 Å². The van der Waals surface area contributed by atoms with Crippen molar-refractivity contribution in [2.24, 2.45) is 5.92 Å². The van der Waals surface area contributed by atoms with Crippen LogP contribution in [0.2, 0.25) is 0 Å². The molecule has 0 radical (unpaired) electrons. The maximum atomic E-state index is 12.8. The molecule has 0 aliphatic heterocycles. The number of nitrogens with zero attached hydrogens (tertiary/aromatic N) is 2. The Morgan fingerprint density at radius 3 is 2.45 bits per heavy atom. The van der Waals surface area contributed by atoms with Gasteiger partial charge in [-0.2, -0.15) is 0 Å². The number of aromatic nitrogens is 2. The van der Waals surface area contributed by atoms with Crippen LogP contribution in [0, 0.1) is 5.92 Å². The second-order valence-corrected chi connectivity index (χ2v) is 9.10. The topological polar surface area (TPSA) is 54.9 Å². The van der Waals surface area contributed by atoms with Crippen LogP contribution in [-0.4, -0.2) is 25.6 Å². The number of alkyl halides is 1. The van der Waals surface area contributed by atoms with Gasteiger partial charge in [0.2, 0.25) is 0 Å². The van der Waals surface area contributed by atoms with E-state index in [1.807, 2.05) is 20.8 Å². The highest BCUT2D eigenvalue weighted by Crippen LogP contribution is 2.45. The Balaban J connectivity index is 2.24. The van der Waals surface area contributed by atoms with E-state index in [-0.39, 0.29) is 17.3 Å². The van der Waals surface area contributed by atoms with Gasteiger partial charge in [0, 0.05) is 12.4 Å². The molecule has 1 aliphatic rings. The van der Waals surface area contributed by atoms with Gasteiger partial charge in [0.05, 0.1) is 32.4 Å². The van der Waals surface area contributed by atoms with Crippen molar-refractivity contribution < 1.29 is 8.60 Å². The van der Waals surface area contributed by atoms with Gasteiger partial charge in [-0.3, -0.25) is 4.39 Å². The van der Waals surface area contributed by atoms with Crippen LogP contribution >= 0.6 is 15.9 Å². The molecule has 2 rings (SSSR count). The van der Waals surface area contributed by atoms with Gasteiger partial charge >= 0.3 is 0 Å². The van der Waals surface area contributed by atoms with Gasteiger partial charge in [-0.25, -0.2) is 18.9 Å². The highest BCUT2D eigenvalue weighted by atomic mass is 79.9. The first-order chi connectivity index (χ1) is 9.27. The van der Waals surface area contributed by atoms with E-state index >= 15 is 0 Å². The molecule has 7 heteroatoms. The van der Waals surface area contributed by atoms with E-state index < -0.39 is 16.5 Å². The lowest BCUT2D eigenvalue weighted by Crippen LogP contribution is -2.56. The summed E-state index contributed by atoms with van der Waals surface area (Å²) in [5, 5.41) is 0. The highest BCUT2D eigenvalue weighted by Gasteiger charge is 2.49. The largest absolute Gasteiger partial charge is 0.251 e. The molecule has 112 valence electrons. The van der Waals surface area contributed by atoms with Crippen molar-refractivity contribution in [3.8, 4) is 0 Å². The van der Waals surface area contributed by atoms with E-state index in [1.54, 1.807) is 12.4 Å². The Kier molecular flexibility index (Phi) is 4.61. The molecule has 0 amide bonds. The Bertz CT molecular complexity index is 497. The van der Waals surface area contributed by atoms with Crippen molar-refractivity contribution in [2.75, 3.05) is 6.67 Å². The van der Waals surface area contributed by atoms with Crippen molar-refractivity contribution in [3.63, 3.8) is 0 Å². The molecule has 0 bridgehead atoms. The van der Waals surface area contributed by atoms with Gasteiger partial charge in [0.1, 0.15) is 5.82 Å². The van der Waals surface area contributed by atoms with Crippen molar-refractivity contribution in [1.29, 1.82) is 0 Å². The van der Waals surface area contributed by atoms with Crippen molar-refractivity contribution in [3.05, 3.63) is 22.7 Å². The molecule has 1 fully saturated rings. The minimum atomic E-state index is -1.24. The molecule has 1 aliphatic carbocycles. The van der Waals surface area contributed by atoms with Gasteiger partial charge in [-0.05, 0) is 55.5 Å². The fraction of sp³-hybridized carbons (Fsp3) is 0.692. The summed E-state index contributed by atoms with van der Waals surface area (Å²) in [5.41, 5.74) is -0.574. The fourth-order valence-electron chi connectivity index (χ4n) is 2.24. The maximum absolute atomic E-state index is 12.8. The van der Waals surface area contributed by atoms with Crippen LogP contribution in [0.15, 0.2) is 16.9 Å². The van der Waals surface area contributed by atoms with Crippen molar-refractivity contribution in [2.45, 2.75) is 43.9 Å². The second kappa shape index (κ2) is 5.77. The smallest absolute Gasteiger partial charge is 0.149 e. The third kappa shape index (κ3) is 3.26. The maximum Gasteiger partial charge on any atom is 0.149 e. The van der Waals surface area contributed by atoms with Crippen LogP contribution in [0.4, 0.5) is 4.39 Å². The van der Waals surface area contributed by atoms with E-state index in [9.17, 15) is 8.60 Å². The average molecular weight is 364 g/mol. The first-order valence-corrected chi connectivity index (χ1v) is 8.45. The number of rotatable bonds is 4. The number of halogens is 2. The zero-order chi connectivity index (χ0) is 15.0. The van der Waals surface area contributed by atoms with Crippen LogP contribution in [0.1, 0.15) is 39.4 Å². The molecule has 1 aromatic rings. The zero-order valence-electron chi connectivity index (χ0n) is 11.8. The van der Waals surface area contributed by atoms with Crippen LogP contribution < -0.4 is 4.72 Å². The summed E-state index contributed by atoms with van der Waals surface area (Å²) in [6.45, 7) is 5.34. The average Bonchev–Trinajstić information content (AvgIpc) is 2.33. The summed E-state index contributed by atoms with van der Waals surface area (Å²) in [5.74, 6) is 0.578. The van der Waals surface area contributed by atoms with Gasteiger partial charge in [0.25, 0.3) is 0 Å². The molecule has 1 aromatic heterocycles. The Labute approximate surface area is 129 Å². The number of hydrogen-bond donors (Lipinski definition) is 1. The normalized spacial score (nSPS) is 27.9. The summed E-state index contributed by atoms with van der Waals surface area (Å²) >= 11 is 3.29. The summed E-state index contributed by atoms with van der Waals surface area (Å²) in [6.07, 6.45) is 4.48. The van der Waals surface area contributed by atoms with Crippen LogP contribution in [0.3, 0.4) is 0 Å². The molecular weight excluding hydrogens is 345 g/mol. The molecular formula is C13H19BrFN3OS. The molecule has 0 saturated heterocycles. The minimum absolute atomic E-state index is 0.00767. The summed E-state index contributed by atoms with van der Waals surface area (Å²) in [6, 6.07) is 0. The van der Waals surface area contributed by atoms with Crippen LogP contribution in [0.5, 0.6) is 0 Å². The lowest BCUT2D eigenvalue weighted by atomic mass is 9.69. The molecule has 0 spiro atoms. The SMILES string of the molecule is CC(C)(C)[S@@](=O)NC1(c2ncc(Br)cn2)CC(CF)C1. The third-order valence-electron chi connectivity index (χ3n) is 3.39. The highest BCUT2D eigenvalue weighted by molar-refractivity contribution is 9.10. The predicted molar refractivity (Wildman–Crippen MR) is 81.1 cm³/mol. The molecule has 20 heavy (non-hydrogen) atoms. The zero-order valence-corrected chi connectivity index (χ0v) is 14.2. The predicted octanol–water partition coefficient (Wildman–Crippen LogP) is 2.87. The third-order valence-corrected chi connectivity index (χ3v) is 5.48. The van der Waals surface area contributed by atoms with Crippen LogP contribution in [0.25, 0.3) is 0 Å².